The monoisotopic (exact) mass is 219 g/mol. The Bertz CT molecular complexity index is 456. The summed E-state index contributed by atoms with van der Waals surface area (Å²) in [6.45, 7) is 0. The molecule has 0 radical (unpaired) electrons. The minimum absolute atomic E-state index is 0.689. The zero-order valence-corrected chi connectivity index (χ0v) is 9.03. The fraction of sp³-hybridized carbons (Fsp3) is 0.0833. The van der Waals surface area contributed by atoms with Crippen LogP contribution in [0.2, 0.25) is 5.02 Å². The van der Waals surface area contributed by atoms with Gasteiger partial charge in [0.2, 0.25) is 0 Å². The summed E-state index contributed by atoms with van der Waals surface area (Å²) in [7, 11) is 1.64. The van der Waals surface area contributed by atoms with E-state index in [0.717, 1.165) is 16.9 Å². The molecule has 0 atom stereocenters. The van der Waals surface area contributed by atoms with Crippen LogP contribution < -0.4 is 4.74 Å². The fourth-order valence-corrected chi connectivity index (χ4v) is 1.60. The van der Waals surface area contributed by atoms with E-state index in [-0.39, 0.29) is 0 Å². The summed E-state index contributed by atoms with van der Waals surface area (Å²) in [5, 5.41) is 0.689. The lowest BCUT2D eigenvalue weighted by Gasteiger charge is -2.08. The Morgan fingerprint density at radius 3 is 2.80 bits per heavy atom. The van der Waals surface area contributed by atoms with Gasteiger partial charge in [0.25, 0.3) is 0 Å². The van der Waals surface area contributed by atoms with Gasteiger partial charge < -0.3 is 4.74 Å². The highest BCUT2D eigenvalue weighted by Crippen LogP contribution is 2.31. The van der Waals surface area contributed by atoms with Crippen molar-refractivity contribution in [2.24, 2.45) is 0 Å². The van der Waals surface area contributed by atoms with Crippen LogP contribution >= 0.6 is 11.6 Å². The Morgan fingerprint density at radius 2 is 2.13 bits per heavy atom. The number of methoxy groups -OCH3 is 1. The molecule has 0 amide bonds. The molecule has 0 N–H and O–H groups in total. The first-order valence-corrected chi connectivity index (χ1v) is 4.93. The molecular formula is C12H10ClNO. The van der Waals surface area contributed by atoms with E-state index >= 15 is 0 Å². The van der Waals surface area contributed by atoms with Gasteiger partial charge in [-0.2, -0.15) is 0 Å². The van der Waals surface area contributed by atoms with Crippen molar-refractivity contribution in [3.63, 3.8) is 0 Å². The van der Waals surface area contributed by atoms with Crippen molar-refractivity contribution in [1.82, 2.24) is 4.98 Å². The third-order valence-corrected chi connectivity index (χ3v) is 2.37. The van der Waals surface area contributed by atoms with Crippen molar-refractivity contribution in [2.75, 3.05) is 7.11 Å². The Balaban J connectivity index is 2.56. The van der Waals surface area contributed by atoms with E-state index in [2.05, 4.69) is 4.98 Å². The number of hydrogen-bond donors (Lipinski definition) is 0. The summed E-state index contributed by atoms with van der Waals surface area (Å²) in [4.78, 5) is 4.07. The molecule has 2 aromatic rings. The van der Waals surface area contributed by atoms with Gasteiger partial charge in [-0.3, -0.25) is 4.98 Å². The number of aromatic nitrogens is 1. The normalized spacial score (nSPS) is 10.0. The minimum atomic E-state index is 0.689. The van der Waals surface area contributed by atoms with Gasteiger partial charge in [0.1, 0.15) is 5.75 Å². The van der Waals surface area contributed by atoms with Gasteiger partial charge in [-0.05, 0) is 24.3 Å². The van der Waals surface area contributed by atoms with Gasteiger partial charge in [0.15, 0.2) is 0 Å². The summed E-state index contributed by atoms with van der Waals surface area (Å²) < 4.78 is 5.27. The lowest BCUT2D eigenvalue weighted by atomic mass is 10.1. The van der Waals surface area contributed by atoms with Crippen molar-refractivity contribution in [1.29, 1.82) is 0 Å². The molecule has 1 aromatic heterocycles. The third-order valence-electron chi connectivity index (χ3n) is 2.13. The Labute approximate surface area is 93.5 Å². The van der Waals surface area contributed by atoms with E-state index in [0.29, 0.717) is 5.02 Å². The SMILES string of the molecule is COc1ccc(Cl)cc1-c1cccnc1. The lowest BCUT2D eigenvalue weighted by Crippen LogP contribution is -1.88. The summed E-state index contributed by atoms with van der Waals surface area (Å²) in [5.74, 6) is 0.799. The van der Waals surface area contributed by atoms with E-state index in [4.69, 9.17) is 16.3 Å². The molecule has 0 aliphatic rings. The fourth-order valence-electron chi connectivity index (χ4n) is 1.43. The van der Waals surface area contributed by atoms with E-state index in [1.54, 1.807) is 25.6 Å². The summed E-state index contributed by atoms with van der Waals surface area (Å²) in [5.41, 5.74) is 1.95. The Morgan fingerprint density at radius 1 is 1.27 bits per heavy atom. The highest BCUT2D eigenvalue weighted by Gasteiger charge is 2.05. The van der Waals surface area contributed by atoms with Crippen molar-refractivity contribution in [3.8, 4) is 16.9 Å². The molecule has 0 aliphatic heterocycles. The highest BCUT2D eigenvalue weighted by atomic mass is 35.5. The van der Waals surface area contributed by atoms with Crippen LogP contribution in [0.1, 0.15) is 0 Å². The molecule has 2 rings (SSSR count). The molecule has 0 saturated carbocycles. The van der Waals surface area contributed by atoms with E-state index in [1.165, 1.54) is 0 Å². The maximum Gasteiger partial charge on any atom is 0.126 e. The summed E-state index contributed by atoms with van der Waals surface area (Å²) >= 11 is 5.95. The van der Waals surface area contributed by atoms with Crippen LogP contribution in [-0.2, 0) is 0 Å². The van der Waals surface area contributed by atoms with Crippen LogP contribution in [0, 0.1) is 0 Å². The van der Waals surface area contributed by atoms with Crippen molar-refractivity contribution < 1.29 is 4.74 Å². The van der Waals surface area contributed by atoms with Crippen LogP contribution in [-0.4, -0.2) is 12.1 Å². The molecule has 0 aliphatic carbocycles. The largest absolute Gasteiger partial charge is 0.496 e. The molecule has 0 spiro atoms. The zero-order valence-electron chi connectivity index (χ0n) is 8.27. The molecule has 3 heteroatoms. The average molecular weight is 220 g/mol. The average Bonchev–Trinajstić information content (AvgIpc) is 2.30. The molecule has 15 heavy (non-hydrogen) atoms. The zero-order chi connectivity index (χ0) is 10.7. The van der Waals surface area contributed by atoms with Crippen LogP contribution in [0.4, 0.5) is 0 Å². The smallest absolute Gasteiger partial charge is 0.126 e. The molecule has 0 unspecified atom stereocenters. The first-order chi connectivity index (χ1) is 7.31. The third kappa shape index (κ3) is 2.10. The molecule has 1 heterocycles. The molecule has 76 valence electrons. The number of pyridine rings is 1. The van der Waals surface area contributed by atoms with Crippen molar-refractivity contribution in [3.05, 3.63) is 47.7 Å². The minimum Gasteiger partial charge on any atom is -0.496 e. The van der Waals surface area contributed by atoms with Gasteiger partial charge >= 0.3 is 0 Å². The topological polar surface area (TPSA) is 22.1 Å². The predicted octanol–water partition coefficient (Wildman–Crippen LogP) is 3.41. The van der Waals surface area contributed by atoms with Gasteiger partial charge in [0.05, 0.1) is 7.11 Å². The van der Waals surface area contributed by atoms with Crippen LogP contribution in [0.5, 0.6) is 5.75 Å². The van der Waals surface area contributed by atoms with Gasteiger partial charge in [-0.15, -0.1) is 0 Å². The van der Waals surface area contributed by atoms with Crippen LogP contribution in [0.25, 0.3) is 11.1 Å². The maximum atomic E-state index is 5.95. The summed E-state index contributed by atoms with van der Waals surface area (Å²) in [6, 6.07) is 9.39. The quantitative estimate of drug-likeness (QED) is 0.772. The van der Waals surface area contributed by atoms with Crippen molar-refractivity contribution >= 4 is 11.6 Å². The standard InChI is InChI=1S/C12H10ClNO/c1-15-12-5-4-10(13)7-11(12)9-3-2-6-14-8-9/h2-8H,1H3. The van der Waals surface area contributed by atoms with Gasteiger partial charge in [-0.1, -0.05) is 17.7 Å². The first-order valence-electron chi connectivity index (χ1n) is 4.55. The lowest BCUT2D eigenvalue weighted by molar-refractivity contribution is 0.416. The number of hydrogen-bond acceptors (Lipinski definition) is 2. The first kappa shape index (κ1) is 9.99. The Hall–Kier alpha value is -1.54. The molecule has 0 bridgehead atoms. The van der Waals surface area contributed by atoms with E-state index in [9.17, 15) is 0 Å². The number of ether oxygens (including phenoxy) is 1. The number of halogens is 1. The molecule has 1 aromatic carbocycles. The molecule has 2 nitrogen and oxygen atoms in total. The molecular weight excluding hydrogens is 210 g/mol. The van der Waals surface area contributed by atoms with E-state index < -0.39 is 0 Å². The number of rotatable bonds is 2. The van der Waals surface area contributed by atoms with E-state index in [1.807, 2.05) is 24.3 Å². The predicted molar refractivity (Wildman–Crippen MR) is 61.2 cm³/mol. The summed E-state index contributed by atoms with van der Waals surface area (Å²) in [6.07, 6.45) is 3.52. The van der Waals surface area contributed by atoms with Gasteiger partial charge in [0, 0.05) is 28.5 Å². The molecule has 0 fully saturated rings. The second kappa shape index (κ2) is 4.32. The maximum absolute atomic E-state index is 5.95. The van der Waals surface area contributed by atoms with Gasteiger partial charge in [-0.25, -0.2) is 0 Å². The number of benzene rings is 1. The number of nitrogens with zero attached hydrogens (tertiary/aromatic N) is 1. The second-order valence-electron chi connectivity index (χ2n) is 3.09. The van der Waals surface area contributed by atoms with Crippen LogP contribution in [0.15, 0.2) is 42.7 Å². The van der Waals surface area contributed by atoms with Crippen molar-refractivity contribution in [2.45, 2.75) is 0 Å². The highest BCUT2D eigenvalue weighted by molar-refractivity contribution is 6.31. The molecule has 0 saturated heterocycles. The second-order valence-corrected chi connectivity index (χ2v) is 3.52. The Kier molecular flexibility index (Phi) is 2.88. The van der Waals surface area contributed by atoms with Crippen LogP contribution in [0.3, 0.4) is 0 Å².